The molecule has 0 bridgehead atoms. The predicted molar refractivity (Wildman–Crippen MR) is 94.7 cm³/mol. The summed E-state index contributed by atoms with van der Waals surface area (Å²) < 4.78 is 37.4. The van der Waals surface area contributed by atoms with E-state index < -0.39 is 10.0 Å². The van der Waals surface area contributed by atoms with Crippen molar-refractivity contribution in [1.29, 1.82) is 0 Å². The van der Waals surface area contributed by atoms with Crippen LogP contribution in [0.15, 0.2) is 41.3 Å². The molecular weight excluding hydrogens is 373 g/mol. The van der Waals surface area contributed by atoms with Gasteiger partial charge in [-0.05, 0) is 18.2 Å². The van der Waals surface area contributed by atoms with E-state index in [4.69, 9.17) is 32.7 Å². The molecule has 0 spiro atoms. The van der Waals surface area contributed by atoms with E-state index in [9.17, 15) is 8.42 Å². The number of nitrogens with zero attached hydrogens (tertiary/aromatic N) is 1. The van der Waals surface area contributed by atoms with Gasteiger partial charge in [0, 0.05) is 19.2 Å². The molecule has 0 saturated heterocycles. The minimum Gasteiger partial charge on any atom is -0.493 e. The van der Waals surface area contributed by atoms with Crippen LogP contribution in [0.1, 0.15) is 5.56 Å². The average Bonchev–Trinajstić information content (AvgIpc) is 2.54. The maximum absolute atomic E-state index is 12.8. The summed E-state index contributed by atoms with van der Waals surface area (Å²) in [6.45, 7) is 0.0737. The maximum Gasteiger partial charge on any atom is 0.246 e. The first kappa shape index (κ1) is 18.9. The lowest BCUT2D eigenvalue weighted by Gasteiger charge is -2.20. The molecule has 0 saturated carbocycles. The lowest BCUT2D eigenvalue weighted by atomic mass is 10.2. The first-order chi connectivity index (χ1) is 11.3. The Labute approximate surface area is 151 Å². The molecule has 0 heterocycles. The zero-order valence-electron chi connectivity index (χ0n) is 13.4. The van der Waals surface area contributed by atoms with Gasteiger partial charge in [-0.2, -0.15) is 4.31 Å². The van der Waals surface area contributed by atoms with E-state index in [0.29, 0.717) is 17.1 Å². The number of ether oxygens (including phenoxy) is 2. The summed E-state index contributed by atoms with van der Waals surface area (Å²) in [5.41, 5.74) is 0.658. The second-order valence-electron chi connectivity index (χ2n) is 4.96. The van der Waals surface area contributed by atoms with Crippen LogP contribution in [-0.2, 0) is 16.6 Å². The van der Waals surface area contributed by atoms with E-state index in [1.54, 1.807) is 24.3 Å². The van der Waals surface area contributed by atoms with Crippen molar-refractivity contribution in [2.24, 2.45) is 0 Å². The van der Waals surface area contributed by atoms with Crippen LogP contribution < -0.4 is 9.47 Å². The number of halogens is 2. The molecule has 8 heteroatoms. The molecule has 0 fully saturated rings. The molecule has 0 atom stereocenters. The monoisotopic (exact) mass is 389 g/mol. The molecule has 0 radical (unpaired) electrons. The molecule has 2 aromatic carbocycles. The molecule has 130 valence electrons. The van der Waals surface area contributed by atoms with Crippen molar-refractivity contribution in [3.8, 4) is 11.5 Å². The third-order valence-electron chi connectivity index (χ3n) is 3.46. The van der Waals surface area contributed by atoms with Crippen LogP contribution in [0, 0.1) is 0 Å². The average molecular weight is 390 g/mol. The Bertz CT molecular complexity index is 820. The highest BCUT2D eigenvalue weighted by atomic mass is 35.5. The molecule has 5 nitrogen and oxygen atoms in total. The van der Waals surface area contributed by atoms with Crippen molar-refractivity contribution < 1.29 is 17.9 Å². The Kier molecular flexibility index (Phi) is 5.98. The fourth-order valence-electron chi connectivity index (χ4n) is 2.29. The van der Waals surface area contributed by atoms with Crippen molar-refractivity contribution >= 4 is 33.2 Å². The first-order valence-electron chi connectivity index (χ1n) is 6.93. The van der Waals surface area contributed by atoms with Crippen molar-refractivity contribution in [3.63, 3.8) is 0 Å². The standard InChI is InChI=1S/C16H17Cl2NO4S/c1-19(10-11-6-4-9-14(22-2)15(11)23-3)24(20,21)16-12(17)7-5-8-13(16)18/h4-9H,10H2,1-3H3. The fraction of sp³-hybridized carbons (Fsp3) is 0.250. The zero-order chi connectivity index (χ0) is 17.9. The summed E-state index contributed by atoms with van der Waals surface area (Å²) in [4.78, 5) is -0.113. The molecule has 0 aliphatic heterocycles. The normalized spacial score (nSPS) is 11.6. The highest BCUT2D eigenvalue weighted by Crippen LogP contribution is 2.34. The van der Waals surface area contributed by atoms with Gasteiger partial charge >= 0.3 is 0 Å². The van der Waals surface area contributed by atoms with E-state index in [1.165, 1.54) is 33.4 Å². The smallest absolute Gasteiger partial charge is 0.246 e. The molecule has 2 aromatic rings. The van der Waals surface area contributed by atoms with Gasteiger partial charge in [0.25, 0.3) is 0 Å². The quantitative estimate of drug-likeness (QED) is 0.752. The Balaban J connectivity index is 2.41. The highest BCUT2D eigenvalue weighted by Gasteiger charge is 2.27. The van der Waals surface area contributed by atoms with Gasteiger partial charge in [0.15, 0.2) is 11.5 Å². The van der Waals surface area contributed by atoms with E-state index in [0.717, 1.165) is 4.31 Å². The topological polar surface area (TPSA) is 55.8 Å². The maximum atomic E-state index is 12.8. The van der Waals surface area contributed by atoms with Crippen molar-refractivity contribution in [3.05, 3.63) is 52.0 Å². The summed E-state index contributed by atoms with van der Waals surface area (Å²) >= 11 is 12.1. The van der Waals surface area contributed by atoms with E-state index in [1.807, 2.05) is 0 Å². The molecule has 0 N–H and O–H groups in total. The molecule has 0 amide bonds. The van der Waals surface area contributed by atoms with Crippen LogP contribution in [0.5, 0.6) is 11.5 Å². The van der Waals surface area contributed by atoms with E-state index >= 15 is 0 Å². The van der Waals surface area contributed by atoms with Gasteiger partial charge in [0.1, 0.15) is 4.90 Å². The Morgan fingerprint density at radius 1 is 1.00 bits per heavy atom. The van der Waals surface area contributed by atoms with Crippen LogP contribution in [0.3, 0.4) is 0 Å². The lowest BCUT2D eigenvalue weighted by Crippen LogP contribution is -2.27. The van der Waals surface area contributed by atoms with Crippen LogP contribution >= 0.6 is 23.2 Å². The van der Waals surface area contributed by atoms with Crippen LogP contribution in [0.4, 0.5) is 0 Å². The van der Waals surface area contributed by atoms with Gasteiger partial charge in [-0.15, -0.1) is 0 Å². The Morgan fingerprint density at radius 2 is 1.58 bits per heavy atom. The SMILES string of the molecule is COc1cccc(CN(C)S(=O)(=O)c2c(Cl)cccc2Cl)c1OC. The summed E-state index contributed by atoms with van der Waals surface area (Å²) in [7, 11) is 0.603. The number of benzene rings is 2. The van der Waals surface area contributed by atoms with Gasteiger partial charge in [-0.25, -0.2) is 8.42 Å². The number of hydrogen-bond donors (Lipinski definition) is 0. The summed E-state index contributed by atoms with van der Waals surface area (Å²) in [5, 5.41) is 0.152. The molecule has 0 unspecified atom stereocenters. The summed E-state index contributed by atoms with van der Waals surface area (Å²) in [6.07, 6.45) is 0. The van der Waals surface area contributed by atoms with Crippen molar-refractivity contribution in [2.45, 2.75) is 11.4 Å². The van der Waals surface area contributed by atoms with Crippen LogP contribution in [0.2, 0.25) is 10.0 Å². The third kappa shape index (κ3) is 3.62. The zero-order valence-corrected chi connectivity index (χ0v) is 15.7. The number of para-hydroxylation sites is 1. The van der Waals surface area contributed by atoms with Gasteiger partial charge in [0.05, 0.1) is 24.3 Å². The van der Waals surface area contributed by atoms with E-state index in [2.05, 4.69) is 0 Å². The van der Waals surface area contributed by atoms with Gasteiger partial charge in [0.2, 0.25) is 10.0 Å². The second-order valence-corrected chi connectivity index (χ2v) is 7.76. The van der Waals surface area contributed by atoms with E-state index in [-0.39, 0.29) is 21.5 Å². The van der Waals surface area contributed by atoms with Crippen molar-refractivity contribution in [2.75, 3.05) is 21.3 Å². The first-order valence-corrected chi connectivity index (χ1v) is 9.12. The second kappa shape index (κ2) is 7.61. The summed E-state index contributed by atoms with van der Waals surface area (Å²) in [6, 6.07) is 9.83. The van der Waals surface area contributed by atoms with Gasteiger partial charge in [-0.1, -0.05) is 41.4 Å². The molecular formula is C16H17Cl2NO4S. The predicted octanol–water partition coefficient (Wildman–Crippen LogP) is 3.83. The number of hydrogen-bond acceptors (Lipinski definition) is 4. The molecule has 0 aliphatic carbocycles. The molecule has 2 rings (SSSR count). The van der Waals surface area contributed by atoms with Crippen molar-refractivity contribution in [1.82, 2.24) is 4.31 Å². The fourth-order valence-corrected chi connectivity index (χ4v) is 4.52. The summed E-state index contributed by atoms with van der Waals surface area (Å²) in [5.74, 6) is 1.00. The number of rotatable bonds is 6. The van der Waals surface area contributed by atoms with Crippen LogP contribution in [0.25, 0.3) is 0 Å². The third-order valence-corrected chi connectivity index (χ3v) is 6.22. The Morgan fingerprint density at radius 3 is 2.12 bits per heavy atom. The lowest BCUT2D eigenvalue weighted by molar-refractivity contribution is 0.347. The molecule has 0 aromatic heterocycles. The van der Waals surface area contributed by atoms with Gasteiger partial charge < -0.3 is 9.47 Å². The van der Waals surface area contributed by atoms with Crippen LogP contribution in [-0.4, -0.2) is 34.0 Å². The molecule has 0 aliphatic rings. The largest absolute Gasteiger partial charge is 0.493 e. The van der Waals surface area contributed by atoms with Gasteiger partial charge in [-0.3, -0.25) is 0 Å². The minimum atomic E-state index is -3.87. The minimum absolute atomic E-state index is 0.0737. The number of sulfonamides is 1. The highest BCUT2D eigenvalue weighted by molar-refractivity contribution is 7.89. The molecule has 24 heavy (non-hydrogen) atoms. The number of methoxy groups -OCH3 is 2. The Hall–Kier alpha value is -1.47.